The Hall–Kier alpha value is -1.30. The molecule has 1 heterocycles. The number of aryl methyl sites for hydroxylation is 1. The van der Waals surface area contributed by atoms with Crippen LogP contribution in [0.3, 0.4) is 0 Å². The third-order valence-electron chi connectivity index (χ3n) is 2.50. The lowest BCUT2D eigenvalue weighted by Crippen LogP contribution is -2.39. The van der Waals surface area contributed by atoms with Gasteiger partial charge in [0.1, 0.15) is 0 Å². The predicted molar refractivity (Wildman–Crippen MR) is 71.2 cm³/mol. The van der Waals surface area contributed by atoms with Crippen LogP contribution < -0.4 is 5.73 Å². The number of furan rings is 1. The number of halogens is 1. The van der Waals surface area contributed by atoms with E-state index in [0.29, 0.717) is 11.2 Å². The van der Waals surface area contributed by atoms with Gasteiger partial charge < -0.3 is 15.1 Å². The zero-order valence-electron chi connectivity index (χ0n) is 10.5. The fourth-order valence-electron chi connectivity index (χ4n) is 1.59. The van der Waals surface area contributed by atoms with Crippen LogP contribution in [0.5, 0.6) is 0 Å². The molecule has 0 unspecified atom stereocenters. The van der Waals surface area contributed by atoms with Crippen LogP contribution in [0.15, 0.2) is 15.2 Å². The van der Waals surface area contributed by atoms with Crippen molar-refractivity contribution in [2.24, 2.45) is 5.73 Å². The lowest BCUT2D eigenvalue weighted by atomic mass is 10.2. The van der Waals surface area contributed by atoms with Crippen LogP contribution >= 0.6 is 15.9 Å². The van der Waals surface area contributed by atoms with Gasteiger partial charge in [-0.15, -0.1) is 0 Å². The molecule has 0 saturated carbocycles. The Morgan fingerprint density at radius 1 is 1.50 bits per heavy atom. The summed E-state index contributed by atoms with van der Waals surface area (Å²) < 4.78 is 5.79. The van der Waals surface area contributed by atoms with Gasteiger partial charge in [0.05, 0.1) is 6.54 Å². The van der Waals surface area contributed by atoms with Crippen LogP contribution in [0.2, 0.25) is 0 Å². The highest BCUT2D eigenvalue weighted by atomic mass is 79.9. The van der Waals surface area contributed by atoms with Gasteiger partial charge in [0.15, 0.2) is 10.4 Å². The molecule has 0 atom stereocenters. The molecule has 0 spiro atoms. The maximum Gasteiger partial charge on any atom is 0.290 e. The first-order chi connectivity index (χ1) is 8.45. The second-order valence-electron chi connectivity index (χ2n) is 4.11. The van der Waals surface area contributed by atoms with Crippen molar-refractivity contribution >= 4 is 27.7 Å². The molecule has 0 aromatic carbocycles. The second kappa shape index (κ2) is 6.58. The smallest absolute Gasteiger partial charge is 0.290 e. The Labute approximate surface area is 114 Å². The molecular weight excluding hydrogens is 300 g/mol. The van der Waals surface area contributed by atoms with Crippen molar-refractivity contribution in [2.75, 3.05) is 13.1 Å². The minimum atomic E-state index is -0.525. The molecule has 6 heteroatoms. The molecule has 0 bridgehead atoms. The van der Waals surface area contributed by atoms with E-state index in [-0.39, 0.29) is 18.2 Å². The Bertz CT molecular complexity index is 443. The van der Waals surface area contributed by atoms with Gasteiger partial charge in [-0.2, -0.15) is 0 Å². The molecule has 0 aliphatic carbocycles. The summed E-state index contributed by atoms with van der Waals surface area (Å²) in [5, 5.41) is 0. The first-order valence-electron chi connectivity index (χ1n) is 5.79. The first-order valence-corrected chi connectivity index (χ1v) is 6.58. The number of rotatable bonds is 6. The number of carbonyl (C=O) groups excluding carboxylic acids is 2. The molecule has 100 valence electrons. The van der Waals surface area contributed by atoms with Crippen molar-refractivity contribution in [1.82, 2.24) is 4.90 Å². The Balaban J connectivity index is 2.87. The highest BCUT2D eigenvalue weighted by Crippen LogP contribution is 2.21. The van der Waals surface area contributed by atoms with E-state index < -0.39 is 5.91 Å². The normalized spacial score (nSPS) is 10.4. The minimum Gasteiger partial charge on any atom is -0.444 e. The largest absolute Gasteiger partial charge is 0.444 e. The van der Waals surface area contributed by atoms with Crippen LogP contribution in [0.4, 0.5) is 0 Å². The molecule has 1 aromatic rings. The van der Waals surface area contributed by atoms with Gasteiger partial charge in [0, 0.05) is 12.1 Å². The van der Waals surface area contributed by atoms with E-state index in [1.165, 1.54) is 4.90 Å². The zero-order chi connectivity index (χ0) is 13.7. The van der Waals surface area contributed by atoms with Crippen LogP contribution in [0, 0.1) is 6.92 Å². The fraction of sp³-hybridized carbons (Fsp3) is 0.500. The predicted octanol–water partition coefficient (Wildman–Crippen LogP) is 2.08. The standard InChI is InChI=1S/C12H17BrN2O3/c1-3-4-5-15(7-10(14)16)12(17)11-8(2)6-9(13)18-11/h6H,3-5,7H2,1-2H3,(H2,14,16). The Kier molecular flexibility index (Phi) is 5.40. The van der Waals surface area contributed by atoms with Crippen LogP contribution in [0.1, 0.15) is 35.9 Å². The summed E-state index contributed by atoms with van der Waals surface area (Å²) in [6, 6.07) is 1.72. The van der Waals surface area contributed by atoms with E-state index in [9.17, 15) is 9.59 Å². The maximum atomic E-state index is 12.2. The van der Waals surface area contributed by atoms with Crippen LogP contribution in [0.25, 0.3) is 0 Å². The maximum absolute atomic E-state index is 12.2. The molecule has 1 rings (SSSR count). The lowest BCUT2D eigenvalue weighted by Gasteiger charge is -2.19. The highest BCUT2D eigenvalue weighted by molar-refractivity contribution is 9.10. The molecule has 5 nitrogen and oxygen atoms in total. The molecule has 1 aromatic heterocycles. The van der Waals surface area contributed by atoms with Gasteiger partial charge in [0.2, 0.25) is 5.91 Å². The summed E-state index contributed by atoms with van der Waals surface area (Å²) in [5.41, 5.74) is 5.89. The van der Waals surface area contributed by atoms with Crippen molar-refractivity contribution in [3.05, 3.63) is 22.1 Å². The van der Waals surface area contributed by atoms with Crippen molar-refractivity contribution in [3.8, 4) is 0 Å². The lowest BCUT2D eigenvalue weighted by molar-refractivity contribution is -0.118. The number of unbranched alkanes of at least 4 members (excludes halogenated alkanes) is 1. The summed E-state index contributed by atoms with van der Waals surface area (Å²) in [6.07, 6.45) is 1.75. The Morgan fingerprint density at radius 3 is 2.61 bits per heavy atom. The average Bonchev–Trinajstić information content (AvgIpc) is 2.62. The van der Waals surface area contributed by atoms with E-state index in [2.05, 4.69) is 15.9 Å². The van der Waals surface area contributed by atoms with E-state index in [0.717, 1.165) is 18.4 Å². The van der Waals surface area contributed by atoms with E-state index in [4.69, 9.17) is 10.2 Å². The number of primary amides is 1. The zero-order valence-corrected chi connectivity index (χ0v) is 12.1. The van der Waals surface area contributed by atoms with Gasteiger partial charge >= 0.3 is 0 Å². The van der Waals surface area contributed by atoms with Crippen LogP contribution in [-0.2, 0) is 4.79 Å². The molecule has 0 radical (unpaired) electrons. The van der Waals surface area contributed by atoms with E-state index >= 15 is 0 Å². The molecule has 2 amide bonds. The topological polar surface area (TPSA) is 76.5 Å². The van der Waals surface area contributed by atoms with E-state index in [1.807, 2.05) is 6.92 Å². The monoisotopic (exact) mass is 316 g/mol. The average molecular weight is 317 g/mol. The van der Waals surface area contributed by atoms with Gasteiger partial charge in [-0.3, -0.25) is 9.59 Å². The molecule has 0 aliphatic rings. The van der Waals surface area contributed by atoms with Crippen molar-refractivity contribution in [1.29, 1.82) is 0 Å². The molecule has 0 aliphatic heterocycles. The van der Waals surface area contributed by atoms with Crippen molar-refractivity contribution < 1.29 is 14.0 Å². The van der Waals surface area contributed by atoms with Gasteiger partial charge in [-0.05, 0) is 35.3 Å². The summed E-state index contributed by atoms with van der Waals surface area (Å²) in [4.78, 5) is 24.6. The number of hydrogen-bond acceptors (Lipinski definition) is 3. The number of hydrogen-bond donors (Lipinski definition) is 1. The van der Waals surface area contributed by atoms with Gasteiger partial charge in [-0.25, -0.2) is 0 Å². The molecule has 2 N–H and O–H groups in total. The molecule has 18 heavy (non-hydrogen) atoms. The van der Waals surface area contributed by atoms with Crippen LogP contribution in [-0.4, -0.2) is 29.8 Å². The SMILES string of the molecule is CCCCN(CC(N)=O)C(=O)c1oc(Br)cc1C. The van der Waals surface area contributed by atoms with Gasteiger partial charge in [-0.1, -0.05) is 13.3 Å². The molecule has 0 fully saturated rings. The summed E-state index contributed by atoms with van der Waals surface area (Å²) >= 11 is 3.17. The fourth-order valence-corrected chi connectivity index (χ4v) is 2.09. The minimum absolute atomic E-state index is 0.0867. The number of carbonyl (C=O) groups is 2. The summed E-state index contributed by atoms with van der Waals surface area (Å²) in [7, 11) is 0. The third kappa shape index (κ3) is 3.87. The summed E-state index contributed by atoms with van der Waals surface area (Å²) in [5.74, 6) is -0.576. The third-order valence-corrected chi connectivity index (χ3v) is 2.89. The van der Waals surface area contributed by atoms with Gasteiger partial charge in [0.25, 0.3) is 5.91 Å². The molecule has 0 saturated heterocycles. The summed E-state index contributed by atoms with van der Waals surface area (Å²) in [6.45, 7) is 4.21. The number of nitrogens with two attached hydrogens (primary N) is 1. The van der Waals surface area contributed by atoms with Crippen molar-refractivity contribution in [3.63, 3.8) is 0 Å². The highest BCUT2D eigenvalue weighted by Gasteiger charge is 2.22. The van der Waals surface area contributed by atoms with Crippen molar-refractivity contribution in [2.45, 2.75) is 26.7 Å². The number of nitrogens with zero attached hydrogens (tertiary/aromatic N) is 1. The Morgan fingerprint density at radius 2 is 2.17 bits per heavy atom. The quantitative estimate of drug-likeness (QED) is 0.872. The first kappa shape index (κ1) is 14.8. The second-order valence-corrected chi connectivity index (χ2v) is 4.89. The molecular formula is C12H17BrN2O3. The number of amides is 2. The van der Waals surface area contributed by atoms with E-state index in [1.54, 1.807) is 13.0 Å².